The van der Waals surface area contributed by atoms with E-state index < -0.39 is 11.6 Å². The van der Waals surface area contributed by atoms with Gasteiger partial charge >= 0.3 is 0 Å². The van der Waals surface area contributed by atoms with Gasteiger partial charge in [0.05, 0.1) is 37.1 Å². The molecule has 6 rings (SSSR count). The van der Waals surface area contributed by atoms with Crippen LogP contribution in [-0.2, 0) is 12.8 Å². The lowest BCUT2D eigenvalue weighted by Crippen LogP contribution is -2.02. The molecule has 0 aliphatic heterocycles. The quantitative estimate of drug-likeness (QED) is 0.0803. The molecule has 0 saturated heterocycles. The van der Waals surface area contributed by atoms with Gasteiger partial charge < -0.3 is 0 Å². The Bertz CT molecular complexity index is 1990. The van der Waals surface area contributed by atoms with Crippen LogP contribution in [0.4, 0.5) is 8.78 Å². The molecule has 0 amide bonds. The molecule has 0 saturated carbocycles. The number of hydrogen-bond acceptors (Lipinski definition) is 6. The molecule has 0 radical (unpaired) electrons. The Morgan fingerprint density at radius 2 is 0.923 bits per heavy atom. The maximum absolute atomic E-state index is 16.4. The molecule has 0 N–H and O–H groups in total. The van der Waals surface area contributed by atoms with E-state index in [1.165, 1.54) is 96.7 Å². The van der Waals surface area contributed by atoms with Gasteiger partial charge in [-0.1, -0.05) is 101 Å². The van der Waals surface area contributed by atoms with E-state index in [4.69, 9.17) is 33.2 Å². The van der Waals surface area contributed by atoms with Gasteiger partial charge in [-0.3, -0.25) is 0 Å². The molecule has 6 aromatic rings. The monoisotopic (exact) mass is 942 g/mol. The van der Waals surface area contributed by atoms with Crippen molar-refractivity contribution in [3.8, 4) is 42.0 Å². The van der Waals surface area contributed by atoms with Crippen LogP contribution in [0.3, 0.4) is 0 Å². The van der Waals surface area contributed by atoms with Gasteiger partial charge in [0.1, 0.15) is 22.4 Å². The number of thiophene rings is 4. The molecule has 52 heavy (non-hydrogen) atoms. The summed E-state index contributed by atoms with van der Waals surface area (Å²) >= 11 is 26.5. The fourth-order valence-corrected chi connectivity index (χ4v) is 12.0. The van der Waals surface area contributed by atoms with Gasteiger partial charge in [0.2, 0.25) is 0 Å². The van der Waals surface area contributed by atoms with Crippen LogP contribution in [0.2, 0.25) is 8.67 Å². The number of benzene rings is 1. The maximum atomic E-state index is 16.4. The van der Waals surface area contributed by atoms with E-state index in [2.05, 4.69) is 57.8 Å². The first-order valence-corrected chi connectivity index (χ1v) is 23.6. The summed E-state index contributed by atoms with van der Waals surface area (Å²) in [5.41, 5.74) is 4.17. The SMILES string of the molecule is CCCCCCCCc1cc(-c2nc3c(-c4ccc(Br)s4)c(F)c(F)c(-c4ccc(Br)s4)c3nc2-c2cc(CCCCCCCC)c(Cl)s2)sc1Cl. The van der Waals surface area contributed by atoms with Gasteiger partial charge in [0, 0.05) is 9.75 Å². The molecule has 2 nitrogen and oxygen atoms in total. The summed E-state index contributed by atoms with van der Waals surface area (Å²) in [5.74, 6) is -1.88. The first kappa shape index (κ1) is 40.4. The minimum Gasteiger partial charge on any atom is -0.242 e. The average Bonchev–Trinajstić information content (AvgIpc) is 3.92. The Labute approximate surface area is 348 Å². The van der Waals surface area contributed by atoms with Crippen LogP contribution >= 0.6 is 100 Å². The summed E-state index contributed by atoms with van der Waals surface area (Å²) in [6.45, 7) is 4.46. The fraction of sp³-hybridized carbons (Fsp3) is 0.400. The van der Waals surface area contributed by atoms with Crippen LogP contribution < -0.4 is 0 Å². The van der Waals surface area contributed by atoms with E-state index in [0.29, 0.717) is 32.2 Å². The van der Waals surface area contributed by atoms with Gasteiger partial charge in [-0.25, -0.2) is 18.7 Å². The molecule has 12 heteroatoms. The van der Waals surface area contributed by atoms with Crippen LogP contribution in [0.15, 0.2) is 44.0 Å². The van der Waals surface area contributed by atoms with Crippen LogP contribution in [0.25, 0.3) is 53.1 Å². The van der Waals surface area contributed by atoms with Crippen molar-refractivity contribution in [1.29, 1.82) is 0 Å². The highest BCUT2D eigenvalue weighted by Crippen LogP contribution is 2.48. The highest BCUT2D eigenvalue weighted by atomic mass is 79.9. The molecule has 0 aliphatic rings. The lowest BCUT2D eigenvalue weighted by atomic mass is 10.0. The summed E-state index contributed by atoms with van der Waals surface area (Å²) in [6, 6.07) is 11.5. The fourth-order valence-electron chi connectivity index (χ4n) is 6.48. The Kier molecular flexibility index (Phi) is 14.8. The second-order valence-corrected chi connectivity index (χ2v) is 21.3. The maximum Gasteiger partial charge on any atom is 0.170 e. The Morgan fingerprint density at radius 3 is 1.29 bits per heavy atom. The van der Waals surface area contributed by atoms with E-state index in [1.807, 2.05) is 12.1 Å². The van der Waals surface area contributed by atoms with Crippen LogP contribution in [0, 0.1) is 11.6 Å². The zero-order valence-corrected chi connectivity index (χ0v) is 37.1. The van der Waals surface area contributed by atoms with E-state index in [1.54, 1.807) is 12.1 Å². The van der Waals surface area contributed by atoms with Gasteiger partial charge in [0.25, 0.3) is 0 Å². The number of rotatable bonds is 18. The Morgan fingerprint density at radius 1 is 0.538 bits per heavy atom. The van der Waals surface area contributed by atoms with E-state index in [0.717, 1.165) is 75.7 Å². The molecule has 0 aliphatic carbocycles. The molecule has 276 valence electrons. The number of aryl methyl sites for hydroxylation is 2. The molecule has 0 atom stereocenters. The largest absolute Gasteiger partial charge is 0.242 e. The third kappa shape index (κ3) is 9.40. The predicted molar refractivity (Wildman–Crippen MR) is 232 cm³/mol. The van der Waals surface area contributed by atoms with Crippen molar-refractivity contribution in [2.75, 3.05) is 0 Å². The summed E-state index contributed by atoms with van der Waals surface area (Å²) < 4.78 is 35.9. The van der Waals surface area contributed by atoms with Crippen molar-refractivity contribution in [2.45, 2.75) is 104 Å². The normalized spacial score (nSPS) is 11.8. The third-order valence-corrected chi connectivity index (χ3v) is 15.4. The number of halogens is 6. The van der Waals surface area contributed by atoms with Crippen molar-refractivity contribution in [3.63, 3.8) is 0 Å². The second kappa shape index (κ2) is 19.1. The van der Waals surface area contributed by atoms with Crippen molar-refractivity contribution < 1.29 is 8.78 Å². The van der Waals surface area contributed by atoms with Gasteiger partial charge in [-0.05, 0) is 105 Å². The smallest absolute Gasteiger partial charge is 0.170 e. The highest BCUT2D eigenvalue weighted by Gasteiger charge is 2.29. The van der Waals surface area contributed by atoms with E-state index >= 15 is 8.78 Å². The minimum absolute atomic E-state index is 0.103. The topological polar surface area (TPSA) is 25.8 Å². The molecule has 0 unspecified atom stereocenters. The van der Waals surface area contributed by atoms with Crippen LogP contribution in [-0.4, -0.2) is 9.97 Å². The van der Waals surface area contributed by atoms with Crippen molar-refractivity contribution in [1.82, 2.24) is 9.97 Å². The molecular weight excluding hydrogens is 905 g/mol. The predicted octanol–water partition coefficient (Wildman–Crippen LogP) is 17.5. The zero-order valence-electron chi connectivity index (χ0n) is 29.2. The first-order chi connectivity index (χ1) is 25.2. The Balaban J connectivity index is 1.51. The van der Waals surface area contributed by atoms with Gasteiger partial charge in [-0.2, -0.15) is 0 Å². The Hall–Kier alpha value is -1.24. The van der Waals surface area contributed by atoms with Crippen LogP contribution in [0.1, 0.15) is 102 Å². The number of unbranched alkanes of at least 4 members (excludes halogenated alkanes) is 10. The first-order valence-electron chi connectivity index (χ1n) is 18.0. The van der Waals surface area contributed by atoms with Gasteiger partial charge in [0.15, 0.2) is 11.6 Å². The molecular formula is C40H40Br2Cl2F2N2S4. The highest BCUT2D eigenvalue weighted by molar-refractivity contribution is 9.11. The molecule has 0 bridgehead atoms. The average molecular weight is 946 g/mol. The van der Waals surface area contributed by atoms with Crippen molar-refractivity contribution >= 4 is 111 Å². The van der Waals surface area contributed by atoms with E-state index in [-0.39, 0.29) is 11.1 Å². The third-order valence-electron chi connectivity index (χ3n) is 9.22. The molecule has 0 spiro atoms. The summed E-state index contributed by atoms with van der Waals surface area (Å²) in [5, 5.41) is 0. The zero-order chi connectivity index (χ0) is 36.8. The van der Waals surface area contributed by atoms with Crippen LogP contribution in [0.5, 0.6) is 0 Å². The summed E-state index contributed by atoms with van der Waals surface area (Å²) in [6.07, 6.45) is 16.1. The molecule has 5 heterocycles. The number of fused-ring (bicyclic) bond motifs is 1. The standard InChI is InChI=1S/C40H40Br2Cl2F2N2S4/c1-3-5-7-9-11-13-15-23-21-27(51-39(23)43)35-36(28-22-24(40(44)52-28)16-14-12-10-8-6-4-2)48-38-32(26-18-20-30(42)50-26)34(46)33(45)31(37(38)47-35)25-17-19-29(41)49-25/h17-22H,3-16H2,1-2H3. The number of nitrogens with zero attached hydrogens (tertiary/aromatic N) is 2. The van der Waals surface area contributed by atoms with Gasteiger partial charge in [-0.15, -0.1) is 45.3 Å². The number of hydrogen-bond donors (Lipinski definition) is 0. The lowest BCUT2D eigenvalue weighted by Gasteiger charge is -2.15. The summed E-state index contributed by atoms with van der Waals surface area (Å²) in [7, 11) is 0. The van der Waals surface area contributed by atoms with Crippen molar-refractivity contribution in [2.24, 2.45) is 0 Å². The lowest BCUT2D eigenvalue weighted by molar-refractivity contribution is 0.515. The molecule has 5 aromatic heterocycles. The minimum atomic E-state index is -0.942. The number of aromatic nitrogens is 2. The molecule has 1 aromatic carbocycles. The summed E-state index contributed by atoms with van der Waals surface area (Å²) in [4.78, 5) is 13.3. The van der Waals surface area contributed by atoms with E-state index in [9.17, 15) is 0 Å². The van der Waals surface area contributed by atoms with Crippen molar-refractivity contribution in [3.05, 3.63) is 75.4 Å². The second-order valence-electron chi connectivity index (χ2n) is 13.1. The molecule has 0 fully saturated rings.